The first-order valence-corrected chi connectivity index (χ1v) is 6.38. The Kier molecular flexibility index (Phi) is 5.85. The zero-order chi connectivity index (χ0) is 11.5. The molecule has 2 rings (SSSR count). The molecule has 1 aromatic rings. The van der Waals surface area contributed by atoms with Crippen molar-refractivity contribution in [2.45, 2.75) is 46.5 Å². The van der Waals surface area contributed by atoms with E-state index in [1.165, 1.54) is 53.9 Å². The quantitative estimate of drug-likeness (QED) is 0.509. The molecule has 0 spiro atoms. The van der Waals surface area contributed by atoms with Crippen LogP contribution in [0.1, 0.15) is 54.9 Å². The maximum absolute atomic E-state index is 2.35. The van der Waals surface area contributed by atoms with Crippen LogP contribution in [0.25, 0.3) is 6.08 Å². The topological polar surface area (TPSA) is 0 Å². The number of hydrogen-bond donors (Lipinski definition) is 0. The van der Waals surface area contributed by atoms with Gasteiger partial charge in [0.15, 0.2) is 0 Å². The van der Waals surface area contributed by atoms with Gasteiger partial charge in [-0.15, -0.1) is 0 Å². The Labute approximate surface area is 124 Å². The second-order valence-corrected chi connectivity index (χ2v) is 4.84. The number of aryl methyl sites for hydroxylation is 2. The van der Waals surface area contributed by atoms with E-state index in [1.807, 2.05) is 0 Å². The van der Waals surface area contributed by atoms with Gasteiger partial charge in [-0.2, -0.15) is 0 Å². The summed E-state index contributed by atoms with van der Waals surface area (Å²) in [6.45, 7) is 6.66. The van der Waals surface area contributed by atoms with Crippen molar-refractivity contribution < 1.29 is 25.8 Å². The predicted molar refractivity (Wildman–Crippen MR) is 71.4 cm³/mol. The fraction of sp³-hybridized carbons (Fsp3) is 0.438. The molecule has 0 bridgehead atoms. The number of hydrogen-bond acceptors (Lipinski definition) is 0. The zero-order valence-corrected chi connectivity index (χ0v) is 14.7. The molecule has 1 radical (unpaired) electrons. The largest absolute Gasteiger partial charge is 0.0721 e. The molecule has 17 heavy (non-hydrogen) atoms. The minimum absolute atomic E-state index is 0. The first kappa shape index (κ1) is 14.9. The van der Waals surface area contributed by atoms with Crippen LogP contribution in [0.2, 0.25) is 0 Å². The number of allylic oxidation sites excluding steroid dienone is 1. The Morgan fingerprint density at radius 1 is 0.941 bits per heavy atom. The summed E-state index contributed by atoms with van der Waals surface area (Å²) >= 11 is 0. The Hall–Kier alpha value is -0.170. The molecule has 0 aliphatic heterocycles. The summed E-state index contributed by atoms with van der Waals surface area (Å²) < 4.78 is 0. The van der Waals surface area contributed by atoms with Crippen LogP contribution in [0.5, 0.6) is 0 Å². The molecule has 0 N–H and O–H groups in total. The Balaban J connectivity index is 0.00000144. The molecule has 1 aromatic carbocycles. The Morgan fingerprint density at radius 3 is 2.35 bits per heavy atom. The van der Waals surface area contributed by atoms with E-state index in [9.17, 15) is 0 Å². The minimum Gasteiger partial charge on any atom is -0.0721 e. The van der Waals surface area contributed by atoms with Crippen LogP contribution in [0, 0.1) is 19.8 Å². The predicted octanol–water partition coefficient (Wildman–Crippen LogP) is 4.83. The van der Waals surface area contributed by atoms with Crippen molar-refractivity contribution >= 4 is 6.08 Å². The van der Waals surface area contributed by atoms with E-state index in [4.69, 9.17) is 0 Å². The van der Waals surface area contributed by atoms with Crippen LogP contribution in [-0.4, -0.2) is 0 Å². The maximum atomic E-state index is 2.35. The minimum atomic E-state index is 0. The number of fused-ring (bicyclic) bond motifs is 1. The molecule has 0 amide bonds. The first-order valence-electron chi connectivity index (χ1n) is 6.38. The summed E-state index contributed by atoms with van der Waals surface area (Å²) in [5, 5.41) is 0. The first-order chi connectivity index (χ1) is 7.72. The SMILES string of the molecule is CCCCC[C]1C=Cc2cc(C)c(C)cc21.[Hf]. The Morgan fingerprint density at radius 2 is 1.65 bits per heavy atom. The molecule has 0 saturated carbocycles. The number of rotatable bonds is 4. The van der Waals surface area contributed by atoms with Gasteiger partial charge in [0.05, 0.1) is 0 Å². The monoisotopic (exact) mass is 393 g/mol. The maximum Gasteiger partial charge on any atom is 0.0273 e. The summed E-state index contributed by atoms with van der Waals surface area (Å²) in [6, 6.07) is 4.67. The normalized spacial score (nSPS) is 13.6. The number of unbranched alkanes of at least 4 members (excludes halogenated alkanes) is 2. The van der Waals surface area contributed by atoms with Crippen molar-refractivity contribution in [2.75, 3.05) is 0 Å². The zero-order valence-electron chi connectivity index (χ0n) is 11.1. The van der Waals surface area contributed by atoms with Gasteiger partial charge in [0.2, 0.25) is 0 Å². The molecule has 89 valence electrons. The molecular formula is C16H21Hf. The van der Waals surface area contributed by atoms with Gasteiger partial charge in [-0.1, -0.05) is 50.5 Å². The molecule has 0 atom stereocenters. The standard InChI is InChI=1S/C16H21.Hf/c1-4-5-6-7-14-8-9-15-10-12(2)13(3)11-16(14)15;/h8-11H,4-7H2,1-3H3;. The van der Waals surface area contributed by atoms with E-state index < -0.39 is 0 Å². The van der Waals surface area contributed by atoms with Gasteiger partial charge in [-0.3, -0.25) is 0 Å². The summed E-state index contributed by atoms with van der Waals surface area (Å²) in [4.78, 5) is 0. The van der Waals surface area contributed by atoms with Crippen molar-refractivity contribution in [1.82, 2.24) is 0 Å². The third-order valence-corrected chi connectivity index (χ3v) is 3.53. The Bertz CT molecular complexity index is 404. The molecular weight excluding hydrogens is 371 g/mol. The van der Waals surface area contributed by atoms with Gasteiger partial charge < -0.3 is 0 Å². The molecule has 0 aromatic heterocycles. The van der Waals surface area contributed by atoms with Crippen LogP contribution in [0.3, 0.4) is 0 Å². The molecule has 1 aliphatic carbocycles. The summed E-state index contributed by atoms with van der Waals surface area (Å²) in [6.07, 6.45) is 9.78. The molecule has 0 nitrogen and oxygen atoms in total. The van der Waals surface area contributed by atoms with Gasteiger partial charge in [0.1, 0.15) is 0 Å². The summed E-state index contributed by atoms with van der Waals surface area (Å²) in [5.74, 6) is 1.53. The molecule has 1 heteroatoms. The molecule has 0 unspecified atom stereocenters. The molecule has 1 aliphatic rings. The van der Waals surface area contributed by atoms with Gasteiger partial charge in [-0.05, 0) is 42.5 Å². The van der Waals surface area contributed by atoms with Crippen molar-refractivity contribution in [3.05, 3.63) is 46.4 Å². The van der Waals surface area contributed by atoms with Crippen LogP contribution in [0.15, 0.2) is 18.2 Å². The van der Waals surface area contributed by atoms with Crippen molar-refractivity contribution in [3.8, 4) is 0 Å². The van der Waals surface area contributed by atoms with Crippen molar-refractivity contribution in [3.63, 3.8) is 0 Å². The van der Waals surface area contributed by atoms with E-state index in [2.05, 4.69) is 45.1 Å². The van der Waals surface area contributed by atoms with Crippen LogP contribution < -0.4 is 0 Å². The molecule has 0 heterocycles. The van der Waals surface area contributed by atoms with Gasteiger partial charge in [-0.25, -0.2) is 0 Å². The van der Waals surface area contributed by atoms with Crippen LogP contribution >= 0.6 is 0 Å². The van der Waals surface area contributed by atoms with Crippen LogP contribution in [-0.2, 0) is 25.8 Å². The average Bonchev–Trinajstić information content (AvgIpc) is 2.63. The van der Waals surface area contributed by atoms with E-state index in [0.29, 0.717) is 0 Å². The summed E-state index contributed by atoms with van der Waals surface area (Å²) in [5.41, 5.74) is 5.70. The van der Waals surface area contributed by atoms with E-state index in [-0.39, 0.29) is 25.8 Å². The van der Waals surface area contributed by atoms with Crippen molar-refractivity contribution in [2.24, 2.45) is 0 Å². The third-order valence-electron chi connectivity index (χ3n) is 3.53. The van der Waals surface area contributed by atoms with E-state index in [0.717, 1.165) is 0 Å². The van der Waals surface area contributed by atoms with Gasteiger partial charge >= 0.3 is 0 Å². The second kappa shape index (κ2) is 6.68. The van der Waals surface area contributed by atoms with E-state index >= 15 is 0 Å². The fourth-order valence-electron chi connectivity index (χ4n) is 2.32. The van der Waals surface area contributed by atoms with Crippen LogP contribution in [0.4, 0.5) is 0 Å². The van der Waals surface area contributed by atoms with Crippen molar-refractivity contribution in [1.29, 1.82) is 0 Å². The number of benzene rings is 1. The average molecular weight is 392 g/mol. The second-order valence-electron chi connectivity index (χ2n) is 4.84. The summed E-state index contributed by atoms with van der Waals surface area (Å²) in [7, 11) is 0. The fourth-order valence-corrected chi connectivity index (χ4v) is 2.32. The van der Waals surface area contributed by atoms with Gasteiger partial charge in [0.25, 0.3) is 0 Å². The smallest absolute Gasteiger partial charge is 0.0273 e. The molecule has 0 saturated heterocycles. The van der Waals surface area contributed by atoms with Gasteiger partial charge in [0, 0.05) is 31.8 Å². The van der Waals surface area contributed by atoms with E-state index in [1.54, 1.807) is 0 Å². The molecule has 0 fully saturated rings. The third kappa shape index (κ3) is 3.40.